The minimum absolute atomic E-state index is 0.0173. The lowest BCUT2D eigenvalue weighted by molar-refractivity contribution is -0.139. The highest BCUT2D eigenvalue weighted by Gasteiger charge is 2.32. The minimum Gasteiger partial charge on any atom is -0.497 e. The molecule has 10 heteroatoms. The van der Waals surface area contributed by atoms with Crippen LogP contribution in [0.4, 0.5) is 10.1 Å². The van der Waals surface area contributed by atoms with E-state index in [1.54, 1.807) is 50.2 Å². The predicted octanol–water partition coefficient (Wildman–Crippen LogP) is 3.89. The van der Waals surface area contributed by atoms with Gasteiger partial charge in [0, 0.05) is 13.1 Å². The second-order valence-corrected chi connectivity index (χ2v) is 10.6. The highest BCUT2D eigenvalue weighted by Crippen LogP contribution is 2.25. The molecule has 3 aromatic carbocycles. The van der Waals surface area contributed by atoms with Crippen LogP contribution in [0.3, 0.4) is 0 Å². The molecule has 0 unspecified atom stereocenters. The highest BCUT2D eigenvalue weighted by atomic mass is 32.2. The molecule has 8 nitrogen and oxygen atoms in total. The Morgan fingerprint density at radius 1 is 1.03 bits per heavy atom. The van der Waals surface area contributed by atoms with Gasteiger partial charge in [0.1, 0.15) is 24.2 Å². The van der Waals surface area contributed by atoms with E-state index in [-0.39, 0.29) is 23.0 Å². The number of carbonyl (C=O) groups is 2. The number of ether oxygens (including phenoxy) is 1. The molecule has 0 aliphatic carbocycles. The smallest absolute Gasteiger partial charge is 0.264 e. The van der Waals surface area contributed by atoms with Gasteiger partial charge in [0.25, 0.3) is 10.0 Å². The average molecular weight is 542 g/mol. The Morgan fingerprint density at radius 2 is 1.68 bits per heavy atom. The Labute approximate surface area is 223 Å². The van der Waals surface area contributed by atoms with Crippen LogP contribution < -0.4 is 14.4 Å². The zero-order chi connectivity index (χ0) is 27.9. The highest BCUT2D eigenvalue weighted by molar-refractivity contribution is 7.92. The predicted molar refractivity (Wildman–Crippen MR) is 144 cm³/mol. The number of benzene rings is 3. The molecule has 38 heavy (non-hydrogen) atoms. The molecular weight excluding hydrogens is 509 g/mol. The molecule has 0 aliphatic rings. The number of methoxy groups -OCH3 is 1. The number of likely N-dealkylation sites (N-methyl/N-ethyl adjacent to an activating group) is 1. The summed E-state index contributed by atoms with van der Waals surface area (Å²) in [5.41, 5.74) is 1.68. The molecule has 1 N–H and O–H groups in total. The van der Waals surface area contributed by atoms with Crippen molar-refractivity contribution in [1.82, 2.24) is 10.2 Å². The van der Waals surface area contributed by atoms with Crippen LogP contribution in [0, 0.1) is 12.7 Å². The Kier molecular flexibility index (Phi) is 9.46. The fourth-order valence-corrected chi connectivity index (χ4v) is 5.26. The van der Waals surface area contributed by atoms with E-state index in [4.69, 9.17) is 4.74 Å². The van der Waals surface area contributed by atoms with Gasteiger partial charge >= 0.3 is 0 Å². The molecule has 3 rings (SSSR count). The first-order chi connectivity index (χ1) is 18.1. The van der Waals surface area contributed by atoms with E-state index in [0.717, 1.165) is 22.0 Å². The third-order valence-corrected chi connectivity index (χ3v) is 7.80. The molecule has 0 radical (unpaired) electrons. The average Bonchev–Trinajstić information content (AvgIpc) is 2.91. The number of halogens is 1. The van der Waals surface area contributed by atoms with Crippen molar-refractivity contribution >= 4 is 27.5 Å². The summed E-state index contributed by atoms with van der Waals surface area (Å²) in [5.74, 6) is -0.947. The summed E-state index contributed by atoms with van der Waals surface area (Å²) >= 11 is 0. The maximum Gasteiger partial charge on any atom is 0.264 e. The van der Waals surface area contributed by atoms with Gasteiger partial charge in [-0.25, -0.2) is 12.8 Å². The van der Waals surface area contributed by atoms with Crippen LogP contribution in [0.2, 0.25) is 0 Å². The van der Waals surface area contributed by atoms with Crippen LogP contribution in [0.5, 0.6) is 5.75 Å². The van der Waals surface area contributed by atoms with Gasteiger partial charge in [0.15, 0.2) is 0 Å². The molecule has 0 saturated heterocycles. The standard InChI is InChI=1S/C28H32FN3O5S/c1-5-30-28(34)21(3)31(18-22-7-6-8-25(17-22)37-4)27(33)19-32(24-13-11-23(29)12-14-24)38(35,36)26-15-9-20(2)10-16-26/h6-17,21H,5,18-19H2,1-4H3,(H,30,34)/t21-/m0/s1. The molecule has 0 heterocycles. The summed E-state index contributed by atoms with van der Waals surface area (Å²) in [6.07, 6.45) is 0. The van der Waals surface area contributed by atoms with Crippen LogP contribution in [-0.2, 0) is 26.2 Å². The molecule has 2 amide bonds. The monoisotopic (exact) mass is 541 g/mol. The SMILES string of the molecule is CCNC(=O)[C@H](C)N(Cc1cccc(OC)c1)C(=O)CN(c1ccc(F)cc1)S(=O)(=O)c1ccc(C)cc1. The second-order valence-electron chi connectivity index (χ2n) is 8.74. The number of sulfonamides is 1. The summed E-state index contributed by atoms with van der Waals surface area (Å²) in [7, 11) is -2.69. The largest absolute Gasteiger partial charge is 0.497 e. The molecule has 0 bridgehead atoms. The fourth-order valence-electron chi connectivity index (χ4n) is 3.85. The van der Waals surface area contributed by atoms with E-state index < -0.39 is 34.3 Å². The van der Waals surface area contributed by atoms with Gasteiger partial charge in [-0.15, -0.1) is 0 Å². The van der Waals surface area contributed by atoms with E-state index in [1.807, 2.05) is 6.92 Å². The van der Waals surface area contributed by atoms with Gasteiger partial charge in [0.05, 0.1) is 17.7 Å². The van der Waals surface area contributed by atoms with Crippen LogP contribution in [0.15, 0.2) is 77.7 Å². The number of hydrogen-bond acceptors (Lipinski definition) is 5. The van der Waals surface area contributed by atoms with E-state index in [2.05, 4.69) is 5.32 Å². The molecular formula is C28H32FN3O5S. The van der Waals surface area contributed by atoms with Crippen molar-refractivity contribution in [3.05, 3.63) is 89.7 Å². The Morgan fingerprint density at radius 3 is 2.29 bits per heavy atom. The van der Waals surface area contributed by atoms with Crippen LogP contribution in [0.1, 0.15) is 25.0 Å². The van der Waals surface area contributed by atoms with Crippen molar-refractivity contribution in [1.29, 1.82) is 0 Å². The molecule has 202 valence electrons. The normalized spacial score (nSPS) is 11.9. The molecule has 0 aliphatic heterocycles. The van der Waals surface area contributed by atoms with Crippen LogP contribution in [0.25, 0.3) is 0 Å². The Balaban J connectivity index is 2.02. The molecule has 3 aromatic rings. The number of hydrogen-bond donors (Lipinski definition) is 1. The van der Waals surface area contributed by atoms with Crippen LogP contribution in [-0.4, -0.2) is 51.4 Å². The van der Waals surface area contributed by atoms with Gasteiger partial charge in [-0.3, -0.25) is 13.9 Å². The first-order valence-corrected chi connectivity index (χ1v) is 13.6. The Hall–Kier alpha value is -3.92. The van der Waals surface area contributed by atoms with Gasteiger partial charge in [-0.05, 0) is 74.9 Å². The zero-order valence-electron chi connectivity index (χ0n) is 21.8. The lowest BCUT2D eigenvalue weighted by Gasteiger charge is -2.32. The summed E-state index contributed by atoms with van der Waals surface area (Å²) in [6, 6.07) is 17.2. The topological polar surface area (TPSA) is 96.0 Å². The van der Waals surface area contributed by atoms with E-state index >= 15 is 0 Å². The zero-order valence-corrected chi connectivity index (χ0v) is 22.7. The molecule has 0 saturated carbocycles. The van der Waals surface area contributed by atoms with Crippen molar-refractivity contribution in [2.75, 3.05) is 24.5 Å². The molecule has 1 atom stereocenters. The summed E-state index contributed by atoms with van der Waals surface area (Å²) in [6.45, 7) is 4.99. The number of aryl methyl sites for hydroxylation is 1. The lowest BCUT2D eigenvalue weighted by atomic mass is 10.1. The number of nitrogens with one attached hydrogen (secondary N) is 1. The van der Waals surface area contributed by atoms with Crippen molar-refractivity contribution < 1.29 is 27.1 Å². The quantitative estimate of drug-likeness (QED) is 0.397. The summed E-state index contributed by atoms with van der Waals surface area (Å²) in [5, 5.41) is 2.71. The second kappa shape index (κ2) is 12.6. The first kappa shape index (κ1) is 28.6. The van der Waals surface area contributed by atoms with Crippen molar-refractivity contribution in [3.63, 3.8) is 0 Å². The van der Waals surface area contributed by atoms with E-state index in [1.165, 1.54) is 36.3 Å². The third kappa shape index (κ3) is 6.89. The first-order valence-electron chi connectivity index (χ1n) is 12.1. The fraction of sp³-hybridized carbons (Fsp3) is 0.286. The summed E-state index contributed by atoms with van der Waals surface area (Å²) < 4.78 is 47.3. The molecule has 0 fully saturated rings. The van der Waals surface area contributed by atoms with Gasteiger partial charge in [-0.1, -0.05) is 29.8 Å². The molecule has 0 spiro atoms. The number of anilines is 1. The summed E-state index contributed by atoms with van der Waals surface area (Å²) in [4.78, 5) is 27.8. The molecule has 0 aromatic heterocycles. The Bertz CT molecular complexity index is 1360. The maximum atomic E-state index is 13.8. The van der Waals surface area contributed by atoms with Crippen molar-refractivity contribution in [3.8, 4) is 5.75 Å². The van der Waals surface area contributed by atoms with Crippen molar-refractivity contribution in [2.24, 2.45) is 0 Å². The number of amides is 2. The third-order valence-electron chi connectivity index (χ3n) is 6.01. The van der Waals surface area contributed by atoms with E-state index in [0.29, 0.717) is 17.9 Å². The van der Waals surface area contributed by atoms with Crippen LogP contribution >= 0.6 is 0 Å². The number of nitrogens with zero attached hydrogens (tertiary/aromatic N) is 2. The minimum atomic E-state index is -4.21. The van der Waals surface area contributed by atoms with Gasteiger partial charge in [-0.2, -0.15) is 0 Å². The lowest BCUT2D eigenvalue weighted by Crippen LogP contribution is -2.51. The number of carbonyl (C=O) groups excluding carboxylic acids is 2. The number of rotatable bonds is 11. The van der Waals surface area contributed by atoms with Crippen molar-refractivity contribution in [2.45, 2.75) is 38.3 Å². The van der Waals surface area contributed by atoms with E-state index in [9.17, 15) is 22.4 Å². The van der Waals surface area contributed by atoms with Gasteiger partial charge in [0.2, 0.25) is 11.8 Å². The van der Waals surface area contributed by atoms with Gasteiger partial charge < -0.3 is 15.0 Å². The maximum absolute atomic E-state index is 13.8.